The number of likely N-dealkylation sites (N-methyl/N-ethyl adjacent to an activating group) is 2. The first-order valence-corrected chi connectivity index (χ1v) is 3.70. The summed E-state index contributed by atoms with van der Waals surface area (Å²) in [5.41, 5.74) is 0. The van der Waals surface area contributed by atoms with Gasteiger partial charge in [0.2, 0.25) is 0 Å². The fourth-order valence-electron chi connectivity index (χ4n) is 0.312. The van der Waals surface area contributed by atoms with Crippen LogP contribution in [0.5, 0.6) is 0 Å². The van der Waals surface area contributed by atoms with Gasteiger partial charge in [0, 0.05) is 13.1 Å². The number of aliphatic hydroxyl groups is 2. The Balaban J connectivity index is 0. The standard InChI is InChI=1S/C4H11NO.C3H9NO/c1-5(2)3-4-6;1-4-2-3-5/h6H,3-4H2,1-2H3;4-5H,2-3H2,1H3. The van der Waals surface area contributed by atoms with E-state index in [2.05, 4.69) is 5.32 Å². The molecule has 11 heavy (non-hydrogen) atoms. The quantitative estimate of drug-likeness (QED) is 0.485. The lowest BCUT2D eigenvalue weighted by Gasteiger charge is -2.03. The molecule has 0 aliphatic heterocycles. The molecule has 0 aliphatic rings. The number of aliphatic hydroxyl groups excluding tert-OH is 2. The number of hydrogen-bond acceptors (Lipinski definition) is 4. The minimum absolute atomic E-state index is 0.233. The lowest BCUT2D eigenvalue weighted by atomic mass is 10.6. The first-order valence-electron chi connectivity index (χ1n) is 3.70. The van der Waals surface area contributed by atoms with Gasteiger partial charge in [0.15, 0.2) is 0 Å². The second-order valence-electron chi connectivity index (χ2n) is 2.35. The van der Waals surface area contributed by atoms with E-state index in [9.17, 15) is 0 Å². The van der Waals surface area contributed by atoms with E-state index in [4.69, 9.17) is 10.2 Å². The molecular weight excluding hydrogens is 144 g/mol. The van der Waals surface area contributed by atoms with E-state index in [0.717, 1.165) is 6.54 Å². The molecule has 4 nitrogen and oxygen atoms in total. The Kier molecular flexibility index (Phi) is 15.3. The van der Waals surface area contributed by atoms with Crippen LogP contribution in [0.15, 0.2) is 0 Å². The van der Waals surface area contributed by atoms with Crippen LogP contribution in [0.4, 0.5) is 0 Å². The highest BCUT2D eigenvalue weighted by atomic mass is 16.3. The maximum atomic E-state index is 8.20. The Labute approximate surface area is 68.8 Å². The van der Waals surface area contributed by atoms with Crippen LogP contribution in [-0.2, 0) is 0 Å². The molecule has 0 spiro atoms. The number of rotatable bonds is 4. The van der Waals surface area contributed by atoms with Gasteiger partial charge in [-0.25, -0.2) is 0 Å². The summed E-state index contributed by atoms with van der Waals surface area (Å²) in [5, 5.41) is 19.0. The summed E-state index contributed by atoms with van der Waals surface area (Å²) >= 11 is 0. The van der Waals surface area contributed by atoms with Gasteiger partial charge in [-0.1, -0.05) is 0 Å². The highest BCUT2D eigenvalue weighted by Gasteiger charge is 1.80. The van der Waals surface area contributed by atoms with Crippen LogP contribution in [0, 0.1) is 0 Å². The van der Waals surface area contributed by atoms with E-state index >= 15 is 0 Å². The zero-order chi connectivity index (χ0) is 9.11. The molecule has 0 atom stereocenters. The summed E-state index contributed by atoms with van der Waals surface area (Å²) < 4.78 is 0. The summed E-state index contributed by atoms with van der Waals surface area (Å²) in [4.78, 5) is 1.93. The third kappa shape index (κ3) is 25.8. The van der Waals surface area contributed by atoms with Gasteiger partial charge < -0.3 is 20.4 Å². The van der Waals surface area contributed by atoms with E-state index in [1.807, 2.05) is 19.0 Å². The zero-order valence-corrected chi connectivity index (χ0v) is 7.67. The van der Waals surface area contributed by atoms with Crippen molar-refractivity contribution in [2.75, 3.05) is 47.4 Å². The Hall–Kier alpha value is -0.160. The zero-order valence-electron chi connectivity index (χ0n) is 7.67. The molecule has 0 fully saturated rings. The van der Waals surface area contributed by atoms with Crippen molar-refractivity contribution in [2.24, 2.45) is 0 Å². The van der Waals surface area contributed by atoms with Crippen molar-refractivity contribution in [3.63, 3.8) is 0 Å². The molecule has 0 rings (SSSR count). The predicted molar refractivity (Wildman–Crippen MR) is 46.7 cm³/mol. The van der Waals surface area contributed by atoms with Crippen molar-refractivity contribution >= 4 is 0 Å². The molecule has 0 aromatic rings. The van der Waals surface area contributed by atoms with Crippen molar-refractivity contribution < 1.29 is 10.2 Å². The van der Waals surface area contributed by atoms with E-state index in [1.54, 1.807) is 7.05 Å². The number of nitrogens with zero attached hydrogens (tertiary/aromatic N) is 1. The predicted octanol–water partition coefficient (Wildman–Crippen LogP) is -1.26. The first-order chi connectivity index (χ1) is 5.18. The van der Waals surface area contributed by atoms with Crippen molar-refractivity contribution in [2.45, 2.75) is 0 Å². The fourth-order valence-corrected chi connectivity index (χ4v) is 0.312. The molecule has 0 heterocycles. The molecule has 0 aromatic carbocycles. The van der Waals surface area contributed by atoms with Gasteiger partial charge in [-0.2, -0.15) is 0 Å². The van der Waals surface area contributed by atoms with Crippen LogP contribution in [-0.4, -0.2) is 62.6 Å². The minimum Gasteiger partial charge on any atom is -0.395 e. The number of nitrogens with one attached hydrogen (secondary N) is 1. The van der Waals surface area contributed by atoms with Gasteiger partial charge in [-0.15, -0.1) is 0 Å². The van der Waals surface area contributed by atoms with Crippen LogP contribution < -0.4 is 5.32 Å². The maximum Gasteiger partial charge on any atom is 0.0558 e. The van der Waals surface area contributed by atoms with Gasteiger partial charge in [0.05, 0.1) is 13.2 Å². The number of hydrogen-bond donors (Lipinski definition) is 3. The van der Waals surface area contributed by atoms with Crippen molar-refractivity contribution in [3.05, 3.63) is 0 Å². The summed E-state index contributed by atoms with van der Waals surface area (Å²) in [6.45, 7) is 1.95. The van der Waals surface area contributed by atoms with Crippen molar-refractivity contribution in [1.82, 2.24) is 10.2 Å². The molecule has 0 aromatic heterocycles. The summed E-state index contributed by atoms with van der Waals surface area (Å²) in [7, 11) is 5.66. The van der Waals surface area contributed by atoms with Gasteiger partial charge >= 0.3 is 0 Å². The Morgan fingerprint density at radius 3 is 1.73 bits per heavy atom. The van der Waals surface area contributed by atoms with Gasteiger partial charge in [-0.05, 0) is 21.1 Å². The monoisotopic (exact) mass is 164 g/mol. The molecule has 0 saturated carbocycles. The molecule has 0 radical (unpaired) electrons. The SMILES string of the molecule is CN(C)CCO.CNCCO. The second kappa shape index (κ2) is 12.5. The van der Waals surface area contributed by atoms with Gasteiger partial charge in [0.25, 0.3) is 0 Å². The fraction of sp³-hybridized carbons (Fsp3) is 1.00. The summed E-state index contributed by atoms with van der Waals surface area (Å²) in [5.74, 6) is 0. The van der Waals surface area contributed by atoms with E-state index in [1.165, 1.54) is 0 Å². The van der Waals surface area contributed by atoms with Crippen molar-refractivity contribution in [1.29, 1.82) is 0 Å². The third-order valence-corrected chi connectivity index (χ3v) is 0.909. The molecular formula is C7H20N2O2. The van der Waals surface area contributed by atoms with Crippen LogP contribution in [0.1, 0.15) is 0 Å². The molecule has 0 saturated heterocycles. The van der Waals surface area contributed by atoms with Gasteiger partial charge in [0.1, 0.15) is 0 Å². The van der Waals surface area contributed by atoms with Crippen molar-refractivity contribution in [3.8, 4) is 0 Å². The molecule has 3 N–H and O–H groups in total. The molecule has 0 aliphatic carbocycles. The third-order valence-electron chi connectivity index (χ3n) is 0.909. The minimum atomic E-state index is 0.233. The molecule has 4 heteroatoms. The molecule has 70 valence electrons. The average molecular weight is 164 g/mol. The van der Waals surface area contributed by atoms with E-state index in [-0.39, 0.29) is 13.2 Å². The second-order valence-corrected chi connectivity index (χ2v) is 2.35. The van der Waals surface area contributed by atoms with Gasteiger partial charge in [-0.3, -0.25) is 0 Å². The lowest BCUT2D eigenvalue weighted by Crippen LogP contribution is -2.15. The highest BCUT2D eigenvalue weighted by Crippen LogP contribution is 1.66. The van der Waals surface area contributed by atoms with E-state index < -0.39 is 0 Å². The Bertz CT molecular complexity index is 58.4. The highest BCUT2D eigenvalue weighted by molar-refractivity contribution is 4.34. The average Bonchev–Trinajstić information content (AvgIpc) is 1.90. The van der Waals surface area contributed by atoms with Crippen LogP contribution >= 0.6 is 0 Å². The molecule has 0 unspecified atom stereocenters. The summed E-state index contributed by atoms with van der Waals surface area (Å²) in [6.07, 6.45) is 0. The Morgan fingerprint density at radius 2 is 1.73 bits per heavy atom. The smallest absolute Gasteiger partial charge is 0.0558 e. The normalized spacial score (nSPS) is 9.27. The largest absolute Gasteiger partial charge is 0.395 e. The van der Waals surface area contributed by atoms with Crippen LogP contribution in [0.25, 0.3) is 0 Å². The van der Waals surface area contributed by atoms with Crippen LogP contribution in [0.3, 0.4) is 0 Å². The Morgan fingerprint density at radius 1 is 1.18 bits per heavy atom. The topological polar surface area (TPSA) is 55.7 Å². The lowest BCUT2D eigenvalue weighted by molar-refractivity contribution is 0.243. The molecule has 0 amide bonds. The van der Waals surface area contributed by atoms with E-state index in [0.29, 0.717) is 6.54 Å². The summed E-state index contributed by atoms with van der Waals surface area (Å²) in [6, 6.07) is 0. The maximum absolute atomic E-state index is 8.20. The molecule has 0 bridgehead atoms. The first kappa shape index (κ1) is 13.4. The van der Waals surface area contributed by atoms with Crippen LogP contribution in [0.2, 0.25) is 0 Å².